The Bertz CT molecular complexity index is 1030. The van der Waals surface area contributed by atoms with E-state index >= 15 is 0 Å². The lowest BCUT2D eigenvalue weighted by Crippen LogP contribution is -2.12. The highest BCUT2D eigenvalue weighted by Gasteiger charge is 2.33. The molecule has 1 heterocycles. The topological polar surface area (TPSA) is 91.2 Å². The van der Waals surface area contributed by atoms with E-state index in [9.17, 15) is 18.0 Å². The first-order valence-corrected chi connectivity index (χ1v) is 8.23. The fourth-order valence-corrected chi connectivity index (χ4v) is 2.67. The molecule has 0 unspecified atom stereocenters. The molecule has 0 spiro atoms. The lowest BCUT2D eigenvalue weighted by molar-refractivity contribution is -0.141. The van der Waals surface area contributed by atoms with Gasteiger partial charge in [-0.25, -0.2) is 4.98 Å². The van der Waals surface area contributed by atoms with Gasteiger partial charge in [-0.15, -0.1) is 12.4 Å². The quantitative estimate of drug-likeness (QED) is 0.630. The van der Waals surface area contributed by atoms with Crippen molar-refractivity contribution >= 4 is 18.3 Å². The number of carbonyl (C=O) groups excluding carboxylic acids is 1. The van der Waals surface area contributed by atoms with Crippen LogP contribution in [0.1, 0.15) is 21.6 Å². The van der Waals surface area contributed by atoms with Gasteiger partial charge in [0.1, 0.15) is 11.4 Å². The molecule has 0 atom stereocenters. The molecule has 9 heteroatoms. The lowest BCUT2D eigenvalue weighted by Gasteiger charge is -2.12. The smallest absolute Gasteiger partial charge is 0.433 e. The van der Waals surface area contributed by atoms with Gasteiger partial charge in [0.2, 0.25) is 11.8 Å². The fraction of sp³-hybridized carbons (Fsp3) is 0.100. The third-order valence-electron chi connectivity index (χ3n) is 3.95. The van der Waals surface area contributed by atoms with E-state index in [1.54, 1.807) is 48.5 Å². The Morgan fingerprint density at radius 2 is 1.76 bits per heavy atom. The molecule has 4 N–H and O–H groups in total. The summed E-state index contributed by atoms with van der Waals surface area (Å²) in [5, 5.41) is 0. The fourth-order valence-electron chi connectivity index (χ4n) is 2.67. The van der Waals surface area contributed by atoms with Gasteiger partial charge in [0.15, 0.2) is 0 Å². The summed E-state index contributed by atoms with van der Waals surface area (Å²) in [7, 11) is 0. The number of alkyl halides is 3. The molecule has 2 aromatic carbocycles. The average molecular weight is 424 g/mol. The largest absolute Gasteiger partial charge is 0.439 e. The zero-order chi connectivity index (χ0) is 20.3. The summed E-state index contributed by atoms with van der Waals surface area (Å²) >= 11 is 0. The van der Waals surface area contributed by atoms with Crippen LogP contribution in [0.4, 0.5) is 13.2 Å². The van der Waals surface area contributed by atoms with Crippen LogP contribution in [0.15, 0.2) is 60.7 Å². The summed E-state index contributed by atoms with van der Waals surface area (Å²) in [5.41, 5.74) is 11.6. The van der Waals surface area contributed by atoms with Gasteiger partial charge in [-0.3, -0.25) is 4.79 Å². The summed E-state index contributed by atoms with van der Waals surface area (Å²) in [5.74, 6) is -0.559. The number of benzene rings is 2. The van der Waals surface area contributed by atoms with Crippen molar-refractivity contribution in [2.24, 2.45) is 11.5 Å². The Morgan fingerprint density at radius 1 is 1.03 bits per heavy atom. The highest BCUT2D eigenvalue weighted by molar-refractivity contribution is 5.99. The normalized spacial score (nSPS) is 10.9. The Hall–Kier alpha value is -3.10. The standard InChI is InChI=1S/C20H16F3N3O2.ClH/c21-20(22,23)17-8-12(11-24)9-18(26-17)28-14-5-3-4-13(10-14)15-6-1-2-7-16(15)19(25)27;/h1-10H,11,24H2,(H2,25,27);1H. The highest BCUT2D eigenvalue weighted by atomic mass is 35.5. The van der Waals surface area contributed by atoms with E-state index in [4.69, 9.17) is 16.2 Å². The molecule has 3 aromatic rings. The van der Waals surface area contributed by atoms with E-state index in [1.807, 2.05) is 0 Å². The Morgan fingerprint density at radius 3 is 2.41 bits per heavy atom. The second kappa shape index (κ2) is 8.93. The third kappa shape index (κ3) is 5.24. The van der Waals surface area contributed by atoms with Crippen LogP contribution >= 0.6 is 12.4 Å². The van der Waals surface area contributed by atoms with E-state index < -0.39 is 17.8 Å². The monoisotopic (exact) mass is 423 g/mol. The van der Waals surface area contributed by atoms with E-state index in [2.05, 4.69) is 4.98 Å². The van der Waals surface area contributed by atoms with E-state index in [0.717, 1.165) is 6.07 Å². The maximum Gasteiger partial charge on any atom is 0.433 e. The molecule has 0 saturated carbocycles. The number of halogens is 4. The number of nitrogens with zero attached hydrogens (tertiary/aromatic N) is 1. The average Bonchev–Trinajstić information content (AvgIpc) is 2.67. The molecule has 152 valence electrons. The third-order valence-corrected chi connectivity index (χ3v) is 3.95. The number of hydrogen-bond acceptors (Lipinski definition) is 4. The molecule has 0 bridgehead atoms. The van der Waals surface area contributed by atoms with Crippen LogP contribution in [-0.4, -0.2) is 10.9 Å². The van der Waals surface area contributed by atoms with Crippen molar-refractivity contribution in [1.29, 1.82) is 0 Å². The maximum atomic E-state index is 13.0. The van der Waals surface area contributed by atoms with Crippen LogP contribution < -0.4 is 16.2 Å². The van der Waals surface area contributed by atoms with Gasteiger partial charge in [-0.05, 0) is 41.0 Å². The van der Waals surface area contributed by atoms with Crippen LogP contribution in [0, 0.1) is 0 Å². The number of hydrogen-bond donors (Lipinski definition) is 2. The second-order valence-electron chi connectivity index (χ2n) is 5.94. The molecule has 0 aliphatic carbocycles. The van der Waals surface area contributed by atoms with Crippen molar-refractivity contribution < 1.29 is 22.7 Å². The predicted molar refractivity (Wildman–Crippen MR) is 105 cm³/mol. The zero-order valence-electron chi connectivity index (χ0n) is 14.9. The van der Waals surface area contributed by atoms with Crippen LogP contribution in [0.2, 0.25) is 0 Å². The van der Waals surface area contributed by atoms with Crippen LogP contribution in [0.3, 0.4) is 0 Å². The number of ether oxygens (including phenoxy) is 1. The molecule has 0 fully saturated rings. The second-order valence-corrected chi connectivity index (χ2v) is 5.94. The summed E-state index contributed by atoms with van der Waals surface area (Å²) in [6.07, 6.45) is -4.62. The van der Waals surface area contributed by atoms with Gasteiger partial charge >= 0.3 is 6.18 Å². The van der Waals surface area contributed by atoms with Crippen molar-refractivity contribution in [2.45, 2.75) is 12.7 Å². The van der Waals surface area contributed by atoms with E-state index in [0.29, 0.717) is 16.7 Å². The Labute approximate surface area is 170 Å². The van der Waals surface area contributed by atoms with Gasteiger partial charge in [0.25, 0.3) is 0 Å². The molecule has 1 aromatic heterocycles. The van der Waals surface area contributed by atoms with Gasteiger partial charge in [-0.1, -0.05) is 30.3 Å². The summed E-state index contributed by atoms with van der Waals surface area (Å²) in [6, 6.07) is 15.5. The number of rotatable bonds is 5. The van der Waals surface area contributed by atoms with Gasteiger partial charge in [-0.2, -0.15) is 13.2 Å². The van der Waals surface area contributed by atoms with E-state index in [-0.39, 0.29) is 36.1 Å². The van der Waals surface area contributed by atoms with Crippen LogP contribution in [0.25, 0.3) is 11.1 Å². The lowest BCUT2D eigenvalue weighted by atomic mass is 9.99. The Kier molecular flexibility index (Phi) is 6.84. The molecule has 0 aliphatic rings. The van der Waals surface area contributed by atoms with Crippen molar-refractivity contribution in [1.82, 2.24) is 4.98 Å². The molecule has 5 nitrogen and oxygen atoms in total. The van der Waals surface area contributed by atoms with Crippen molar-refractivity contribution in [3.05, 3.63) is 77.5 Å². The summed E-state index contributed by atoms with van der Waals surface area (Å²) in [4.78, 5) is 15.2. The van der Waals surface area contributed by atoms with Gasteiger partial charge in [0.05, 0.1) is 0 Å². The molecule has 29 heavy (non-hydrogen) atoms. The number of nitrogens with two attached hydrogens (primary N) is 2. The minimum absolute atomic E-state index is 0. The van der Waals surface area contributed by atoms with Crippen LogP contribution in [-0.2, 0) is 12.7 Å². The number of primary amides is 1. The Balaban J connectivity index is 0.00000300. The first kappa shape index (κ1) is 22.2. The molecule has 3 rings (SSSR count). The summed E-state index contributed by atoms with van der Waals surface area (Å²) in [6.45, 7) is -0.0893. The first-order chi connectivity index (χ1) is 13.3. The molecule has 0 radical (unpaired) electrons. The minimum atomic E-state index is -4.62. The minimum Gasteiger partial charge on any atom is -0.439 e. The van der Waals surface area contributed by atoms with E-state index in [1.165, 1.54) is 6.07 Å². The zero-order valence-corrected chi connectivity index (χ0v) is 15.8. The highest BCUT2D eigenvalue weighted by Crippen LogP contribution is 2.32. The van der Waals surface area contributed by atoms with Crippen molar-refractivity contribution in [2.75, 3.05) is 0 Å². The molecular weight excluding hydrogens is 407 g/mol. The molecule has 1 amide bonds. The van der Waals surface area contributed by atoms with Crippen LogP contribution in [0.5, 0.6) is 11.6 Å². The number of pyridine rings is 1. The number of aromatic nitrogens is 1. The van der Waals surface area contributed by atoms with Gasteiger partial charge in [0, 0.05) is 18.2 Å². The molecule has 0 aliphatic heterocycles. The number of carbonyl (C=O) groups is 1. The molecular formula is C20H17ClF3N3O2. The summed E-state index contributed by atoms with van der Waals surface area (Å²) < 4.78 is 44.6. The van der Waals surface area contributed by atoms with Crippen molar-refractivity contribution in [3.63, 3.8) is 0 Å². The number of amides is 1. The maximum absolute atomic E-state index is 13.0. The van der Waals surface area contributed by atoms with Gasteiger partial charge < -0.3 is 16.2 Å². The SMILES string of the molecule is Cl.NCc1cc(Oc2cccc(-c3ccccc3C(N)=O)c2)nc(C(F)(F)F)c1. The first-order valence-electron chi connectivity index (χ1n) is 8.23. The molecule has 0 saturated heterocycles. The van der Waals surface area contributed by atoms with Crippen molar-refractivity contribution in [3.8, 4) is 22.8 Å². The predicted octanol–water partition coefficient (Wildman–Crippen LogP) is 4.54.